The summed E-state index contributed by atoms with van der Waals surface area (Å²) in [7, 11) is 0. The van der Waals surface area contributed by atoms with E-state index in [0.29, 0.717) is 29.2 Å². The summed E-state index contributed by atoms with van der Waals surface area (Å²) in [5.74, 6) is 0.156. The van der Waals surface area contributed by atoms with Gasteiger partial charge >= 0.3 is 5.97 Å². The first-order valence-corrected chi connectivity index (χ1v) is 6.91. The maximum atomic E-state index is 11.3. The number of carbonyl (C=O) groups is 1. The predicted octanol–water partition coefficient (Wildman–Crippen LogP) is 2.80. The normalized spacial score (nSPS) is 18.6. The zero-order valence-corrected chi connectivity index (χ0v) is 11.3. The molecule has 1 atom stereocenters. The Kier molecular flexibility index (Phi) is 3.44. The highest BCUT2D eigenvalue weighted by Gasteiger charge is 2.29. The van der Waals surface area contributed by atoms with Crippen LogP contribution in [0.25, 0.3) is 11.5 Å². The van der Waals surface area contributed by atoms with Gasteiger partial charge in [0.1, 0.15) is 5.25 Å². The second-order valence-electron chi connectivity index (χ2n) is 3.95. The zero-order chi connectivity index (χ0) is 13.2. The van der Waals surface area contributed by atoms with Gasteiger partial charge in [0.15, 0.2) is 0 Å². The highest BCUT2D eigenvalue weighted by Crippen LogP contribution is 2.30. The molecule has 0 spiro atoms. The molecule has 1 saturated heterocycles. The third-order valence-electron chi connectivity index (χ3n) is 2.61. The number of carbonyl (C=O) groups excluding carboxylic acids is 1. The number of nitrogens with zero attached hydrogens (tertiary/aromatic N) is 2. The van der Waals surface area contributed by atoms with E-state index in [1.807, 2.05) is 12.1 Å². The lowest BCUT2D eigenvalue weighted by molar-refractivity contribution is -0.137. The highest BCUT2D eigenvalue weighted by atomic mass is 35.5. The molecule has 0 amide bonds. The van der Waals surface area contributed by atoms with Gasteiger partial charge in [-0.05, 0) is 30.0 Å². The average Bonchev–Trinajstić information content (AvgIpc) is 3.00. The number of ether oxygens (including phenoxy) is 1. The minimum Gasteiger partial charge on any atom is -0.465 e. The van der Waals surface area contributed by atoms with Crippen LogP contribution >= 0.6 is 23.4 Å². The summed E-state index contributed by atoms with van der Waals surface area (Å²) in [5, 5.41) is 8.57. The Morgan fingerprint density at radius 2 is 2.26 bits per heavy atom. The molecule has 19 heavy (non-hydrogen) atoms. The van der Waals surface area contributed by atoms with E-state index >= 15 is 0 Å². The van der Waals surface area contributed by atoms with Crippen LogP contribution in [0.15, 0.2) is 33.9 Å². The summed E-state index contributed by atoms with van der Waals surface area (Å²) in [6.45, 7) is 0.450. The SMILES string of the molecule is O=C1OCC[C@@H]1Sc1nnc(-c2cccc(Cl)c2)o1. The molecule has 2 heterocycles. The fourth-order valence-corrected chi connectivity index (χ4v) is 2.73. The van der Waals surface area contributed by atoms with E-state index in [1.54, 1.807) is 12.1 Å². The average molecular weight is 297 g/mol. The van der Waals surface area contributed by atoms with Crippen LogP contribution in [0, 0.1) is 0 Å². The molecule has 1 aromatic heterocycles. The van der Waals surface area contributed by atoms with Crippen molar-refractivity contribution >= 4 is 29.3 Å². The van der Waals surface area contributed by atoms with Gasteiger partial charge in [0.2, 0.25) is 5.89 Å². The van der Waals surface area contributed by atoms with Gasteiger partial charge in [-0.3, -0.25) is 4.79 Å². The topological polar surface area (TPSA) is 65.2 Å². The number of cyclic esters (lactones) is 1. The predicted molar refractivity (Wildman–Crippen MR) is 70.0 cm³/mol. The molecule has 2 aromatic rings. The molecule has 0 aliphatic carbocycles. The van der Waals surface area contributed by atoms with E-state index in [2.05, 4.69) is 10.2 Å². The maximum Gasteiger partial charge on any atom is 0.319 e. The standard InChI is InChI=1S/C12H9ClN2O3S/c13-8-3-1-2-7(6-8)10-14-15-12(18-10)19-9-4-5-17-11(9)16/h1-3,6,9H,4-5H2/t9-/m0/s1. The smallest absolute Gasteiger partial charge is 0.319 e. The number of esters is 1. The van der Waals surface area contributed by atoms with Crippen LogP contribution in [-0.4, -0.2) is 28.0 Å². The van der Waals surface area contributed by atoms with Crippen LogP contribution in [0.3, 0.4) is 0 Å². The molecule has 3 rings (SSSR count). The van der Waals surface area contributed by atoms with Crippen LogP contribution in [0.5, 0.6) is 0 Å². The first kappa shape index (κ1) is 12.5. The molecule has 0 unspecified atom stereocenters. The molecule has 5 nitrogen and oxygen atoms in total. The summed E-state index contributed by atoms with van der Waals surface area (Å²) in [4.78, 5) is 11.3. The Hall–Kier alpha value is -1.53. The monoisotopic (exact) mass is 296 g/mol. The molecule has 7 heteroatoms. The second-order valence-corrected chi connectivity index (χ2v) is 5.54. The van der Waals surface area contributed by atoms with Gasteiger partial charge in [-0.25, -0.2) is 0 Å². The summed E-state index contributed by atoms with van der Waals surface area (Å²) < 4.78 is 10.4. The summed E-state index contributed by atoms with van der Waals surface area (Å²) >= 11 is 7.13. The molecule has 0 bridgehead atoms. The van der Waals surface area contributed by atoms with E-state index in [0.717, 1.165) is 5.56 Å². The fourth-order valence-electron chi connectivity index (χ4n) is 1.70. The Morgan fingerprint density at radius 1 is 1.37 bits per heavy atom. The number of aromatic nitrogens is 2. The van der Waals surface area contributed by atoms with Crippen LogP contribution in [0.2, 0.25) is 5.02 Å². The van der Waals surface area contributed by atoms with Crippen molar-refractivity contribution in [1.29, 1.82) is 0 Å². The number of thioether (sulfide) groups is 1. The Labute approximate surface area is 118 Å². The van der Waals surface area contributed by atoms with E-state index in [9.17, 15) is 4.79 Å². The van der Waals surface area contributed by atoms with E-state index in [-0.39, 0.29) is 11.2 Å². The van der Waals surface area contributed by atoms with Gasteiger partial charge in [-0.2, -0.15) is 0 Å². The van der Waals surface area contributed by atoms with Crippen molar-refractivity contribution in [3.63, 3.8) is 0 Å². The summed E-state index contributed by atoms with van der Waals surface area (Å²) in [5.41, 5.74) is 0.751. The third-order valence-corrected chi connectivity index (χ3v) is 3.92. The van der Waals surface area contributed by atoms with Crippen molar-refractivity contribution in [2.24, 2.45) is 0 Å². The molecule has 0 radical (unpaired) electrons. The van der Waals surface area contributed by atoms with Crippen molar-refractivity contribution in [2.45, 2.75) is 16.9 Å². The third kappa shape index (κ3) is 2.74. The summed E-state index contributed by atoms with van der Waals surface area (Å²) in [6, 6.07) is 7.15. The first-order chi connectivity index (χ1) is 9.22. The fraction of sp³-hybridized carbons (Fsp3) is 0.250. The van der Waals surface area contributed by atoms with Crippen molar-refractivity contribution in [3.05, 3.63) is 29.3 Å². The largest absolute Gasteiger partial charge is 0.465 e. The van der Waals surface area contributed by atoms with Gasteiger partial charge in [0, 0.05) is 17.0 Å². The molecule has 1 aliphatic heterocycles. The number of halogens is 1. The molecular formula is C12H9ClN2O3S. The lowest BCUT2D eigenvalue weighted by atomic mass is 10.2. The minimum absolute atomic E-state index is 0.229. The Morgan fingerprint density at radius 3 is 3.00 bits per heavy atom. The van der Waals surface area contributed by atoms with Crippen LogP contribution in [0.4, 0.5) is 0 Å². The van der Waals surface area contributed by atoms with Crippen molar-refractivity contribution < 1.29 is 13.9 Å². The molecule has 98 valence electrons. The quantitative estimate of drug-likeness (QED) is 0.812. The number of rotatable bonds is 3. The zero-order valence-electron chi connectivity index (χ0n) is 9.71. The number of benzene rings is 1. The molecule has 0 N–H and O–H groups in total. The number of hydrogen-bond donors (Lipinski definition) is 0. The molecule has 1 aromatic carbocycles. The van der Waals surface area contributed by atoms with Gasteiger partial charge in [-0.1, -0.05) is 17.7 Å². The van der Waals surface area contributed by atoms with Crippen LogP contribution in [0.1, 0.15) is 6.42 Å². The van der Waals surface area contributed by atoms with Gasteiger partial charge in [-0.15, -0.1) is 10.2 Å². The summed E-state index contributed by atoms with van der Waals surface area (Å²) in [6.07, 6.45) is 0.665. The molecule has 1 fully saturated rings. The second kappa shape index (κ2) is 5.22. The minimum atomic E-state index is -0.257. The van der Waals surface area contributed by atoms with E-state index in [4.69, 9.17) is 20.8 Å². The van der Waals surface area contributed by atoms with Crippen molar-refractivity contribution in [2.75, 3.05) is 6.61 Å². The van der Waals surface area contributed by atoms with Gasteiger partial charge in [0.05, 0.1) is 6.61 Å². The molecule has 1 aliphatic rings. The first-order valence-electron chi connectivity index (χ1n) is 5.65. The Balaban J connectivity index is 1.78. The van der Waals surface area contributed by atoms with Crippen molar-refractivity contribution in [3.8, 4) is 11.5 Å². The van der Waals surface area contributed by atoms with Crippen LogP contribution in [-0.2, 0) is 9.53 Å². The van der Waals surface area contributed by atoms with Crippen molar-refractivity contribution in [1.82, 2.24) is 10.2 Å². The number of hydrogen-bond acceptors (Lipinski definition) is 6. The van der Waals surface area contributed by atoms with E-state index in [1.165, 1.54) is 11.8 Å². The molecular weight excluding hydrogens is 288 g/mol. The van der Waals surface area contributed by atoms with E-state index < -0.39 is 0 Å². The lowest BCUT2D eigenvalue weighted by Gasteiger charge is -1.99. The molecule has 0 saturated carbocycles. The Bertz CT molecular complexity index is 617. The van der Waals surface area contributed by atoms with Crippen LogP contribution < -0.4 is 0 Å². The highest BCUT2D eigenvalue weighted by molar-refractivity contribution is 8.00. The maximum absolute atomic E-state index is 11.3. The lowest BCUT2D eigenvalue weighted by Crippen LogP contribution is -2.09. The van der Waals surface area contributed by atoms with Gasteiger partial charge < -0.3 is 9.15 Å². The van der Waals surface area contributed by atoms with Gasteiger partial charge in [0.25, 0.3) is 5.22 Å².